The molecular formula is C11H16N2O3S. The predicted octanol–water partition coefficient (Wildman–Crippen LogP) is 0.910. The number of carbonyl (C=O) groups excluding carboxylic acids is 1. The van der Waals surface area contributed by atoms with E-state index in [0.29, 0.717) is 13.2 Å². The van der Waals surface area contributed by atoms with Crippen molar-refractivity contribution in [3.8, 4) is 0 Å². The number of aromatic nitrogens is 1. The Labute approximate surface area is 104 Å². The van der Waals surface area contributed by atoms with Crippen molar-refractivity contribution in [2.24, 2.45) is 0 Å². The van der Waals surface area contributed by atoms with E-state index in [1.165, 1.54) is 0 Å². The molecule has 0 amide bonds. The first-order valence-corrected chi connectivity index (χ1v) is 6.58. The Bertz CT molecular complexity index is 375. The summed E-state index contributed by atoms with van der Waals surface area (Å²) in [5, 5.41) is 6.22. The molecule has 1 aliphatic heterocycles. The molecule has 1 N–H and O–H groups in total. The van der Waals surface area contributed by atoms with Crippen molar-refractivity contribution in [1.82, 2.24) is 10.3 Å². The molecule has 6 heteroatoms. The number of nitrogens with one attached hydrogen (secondary N) is 1. The second kappa shape index (κ2) is 6.09. The van der Waals surface area contributed by atoms with Crippen molar-refractivity contribution in [1.29, 1.82) is 0 Å². The van der Waals surface area contributed by atoms with Gasteiger partial charge in [0.25, 0.3) is 0 Å². The molecule has 1 aliphatic rings. The van der Waals surface area contributed by atoms with Crippen molar-refractivity contribution in [2.75, 3.05) is 26.4 Å². The van der Waals surface area contributed by atoms with Crippen molar-refractivity contribution in [3.63, 3.8) is 0 Å². The highest BCUT2D eigenvalue weighted by Crippen LogP contribution is 2.20. The van der Waals surface area contributed by atoms with Gasteiger partial charge < -0.3 is 14.8 Å². The third kappa shape index (κ3) is 3.49. The molecule has 0 radical (unpaired) electrons. The van der Waals surface area contributed by atoms with Crippen LogP contribution in [0.15, 0.2) is 5.38 Å². The van der Waals surface area contributed by atoms with Crippen LogP contribution >= 0.6 is 11.3 Å². The number of carbonyl (C=O) groups is 1. The molecule has 0 aliphatic carbocycles. The quantitative estimate of drug-likeness (QED) is 0.811. The topological polar surface area (TPSA) is 60.5 Å². The summed E-state index contributed by atoms with van der Waals surface area (Å²) < 4.78 is 10.3. The van der Waals surface area contributed by atoms with Gasteiger partial charge in [0, 0.05) is 11.9 Å². The highest BCUT2D eigenvalue weighted by Gasteiger charge is 2.19. The van der Waals surface area contributed by atoms with Gasteiger partial charge in [-0.25, -0.2) is 4.98 Å². The van der Waals surface area contributed by atoms with Gasteiger partial charge in [0.1, 0.15) is 5.01 Å². The lowest BCUT2D eigenvalue weighted by Gasteiger charge is -2.21. The summed E-state index contributed by atoms with van der Waals surface area (Å²) in [6, 6.07) is 0.157. The van der Waals surface area contributed by atoms with Crippen LogP contribution < -0.4 is 5.32 Å². The fourth-order valence-electron chi connectivity index (χ4n) is 1.65. The Balaban J connectivity index is 1.93. The summed E-state index contributed by atoms with van der Waals surface area (Å²) in [6.45, 7) is 4.45. The molecule has 1 unspecified atom stereocenters. The smallest absolute Gasteiger partial charge is 0.311 e. The number of rotatable bonds is 4. The largest absolute Gasteiger partial charge is 0.466 e. The van der Waals surface area contributed by atoms with Gasteiger partial charge in [-0.15, -0.1) is 11.3 Å². The Morgan fingerprint density at radius 3 is 3.35 bits per heavy atom. The minimum atomic E-state index is -0.225. The fraction of sp³-hybridized carbons (Fsp3) is 0.636. The fourth-order valence-corrected chi connectivity index (χ4v) is 2.53. The highest BCUT2D eigenvalue weighted by molar-refractivity contribution is 7.09. The minimum Gasteiger partial charge on any atom is -0.466 e. The van der Waals surface area contributed by atoms with E-state index in [-0.39, 0.29) is 18.4 Å². The standard InChI is InChI=1S/C11H16N2O3S/c1-2-16-10(14)5-8-7-17-11(13-8)9-6-15-4-3-12-9/h7,9,12H,2-6H2,1H3. The van der Waals surface area contributed by atoms with Gasteiger partial charge in [0.05, 0.1) is 38.0 Å². The van der Waals surface area contributed by atoms with Gasteiger partial charge in [-0.05, 0) is 6.92 Å². The normalized spacial score (nSPS) is 20.2. The van der Waals surface area contributed by atoms with E-state index in [2.05, 4.69) is 10.3 Å². The molecule has 5 nitrogen and oxygen atoms in total. The first-order valence-electron chi connectivity index (χ1n) is 5.70. The summed E-state index contributed by atoms with van der Waals surface area (Å²) in [5.74, 6) is -0.225. The molecule has 0 bridgehead atoms. The van der Waals surface area contributed by atoms with E-state index in [1.54, 1.807) is 18.3 Å². The molecule has 0 saturated carbocycles. The monoisotopic (exact) mass is 256 g/mol. The molecule has 2 heterocycles. The Hall–Kier alpha value is -0.980. The molecule has 2 rings (SSSR count). The summed E-state index contributed by atoms with van der Waals surface area (Å²) in [5.41, 5.74) is 0.774. The van der Waals surface area contributed by atoms with Crippen molar-refractivity contribution >= 4 is 17.3 Å². The van der Waals surface area contributed by atoms with E-state index < -0.39 is 0 Å². The zero-order valence-electron chi connectivity index (χ0n) is 9.77. The van der Waals surface area contributed by atoms with Gasteiger partial charge in [-0.3, -0.25) is 4.79 Å². The van der Waals surface area contributed by atoms with Crippen molar-refractivity contribution in [2.45, 2.75) is 19.4 Å². The second-order valence-electron chi connectivity index (χ2n) is 3.74. The number of nitrogens with zero attached hydrogens (tertiary/aromatic N) is 1. The van der Waals surface area contributed by atoms with E-state index in [0.717, 1.165) is 23.9 Å². The Morgan fingerprint density at radius 2 is 2.65 bits per heavy atom. The lowest BCUT2D eigenvalue weighted by molar-refractivity contribution is -0.142. The number of hydrogen-bond donors (Lipinski definition) is 1. The predicted molar refractivity (Wildman–Crippen MR) is 64.0 cm³/mol. The van der Waals surface area contributed by atoms with Crippen molar-refractivity contribution in [3.05, 3.63) is 16.1 Å². The van der Waals surface area contributed by atoms with E-state index in [4.69, 9.17) is 9.47 Å². The summed E-state index contributed by atoms with van der Waals surface area (Å²) in [4.78, 5) is 15.7. The van der Waals surface area contributed by atoms with Crippen LogP contribution in [0.4, 0.5) is 0 Å². The molecule has 17 heavy (non-hydrogen) atoms. The van der Waals surface area contributed by atoms with Crippen LogP contribution in [0.1, 0.15) is 23.7 Å². The maximum absolute atomic E-state index is 11.3. The van der Waals surface area contributed by atoms with E-state index in [1.807, 2.05) is 5.38 Å². The maximum Gasteiger partial charge on any atom is 0.311 e. The highest BCUT2D eigenvalue weighted by atomic mass is 32.1. The summed E-state index contributed by atoms with van der Waals surface area (Å²) in [6.07, 6.45) is 0.248. The van der Waals surface area contributed by atoms with Gasteiger partial charge in [0.15, 0.2) is 0 Å². The number of esters is 1. The van der Waals surface area contributed by atoms with Gasteiger partial charge >= 0.3 is 5.97 Å². The number of hydrogen-bond acceptors (Lipinski definition) is 6. The van der Waals surface area contributed by atoms with E-state index in [9.17, 15) is 4.79 Å². The van der Waals surface area contributed by atoms with Gasteiger partial charge in [-0.2, -0.15) is 0 Å². The summed E-state index contributed by atoms with van der Waals surface area (Å²) in [7, 11) is 0. The van der Waals surface area contributed by atoms with Crippen LogP contribution in [0.5, 0.6) is 0 Å². The average molecular weight is 256 g/mol. The molecule has 94 valence electrons. The molecule has 1 atom stereocenters. The van der Waals surface area contributed by atoms with Crippen LogP contribution in [0, 0.1) is 0 Å². The zero-order valence-corrected chi connectivity index (χ0v) is 10.6. The zero-order chi connectivity index (χ0) is 12.1. The first-order chi connectivity index (χ1) is 8.29. The third-order valence-electron chi connectivity index (χ3n) is 2.42. The SMILES string of the molecule is CCOC(=O)Cc1csc(C2COCCN2)n1. The number of thiazole rings is 1. The van der Waals surface area contributed by atoms with Crippen LogP contribution in [0.2, 0.25) is 0 Å². The first kappa shape index (κ1) is 12.5. The molecule has 1 saturated heterocycles. The second-order valence-corrected chi connectivity index (χ2v) is 4.63. The Morgan fingerprint density at radius 1 is 1.76 bits per heavy atom. The minimum absolute atomic E-state index is 0.157. The van der Waals surface area contributed by atoms with Crippen LogP contribution in [0.3, 0.4) is 0 Å². The number of morpholine rings is 1. The lowest BCUT2D eigenvalue weighted by Crippen LogP contribution is -2.34. The molecule has 0 aromatic carbocycles. The average Bonchev–Trinajstić information content (AvgIpc) is 2.79. The van der Waals surface area contributed by atoms with Gasteiger partial charge in [0.2, 0.25) is 0 Å². The third-order valence-corrected chi connectivity index (χ3v) is 3.43. The lowest BCUT2D eigenvalue weighted by atomic mass is 10.3. The number of ether oxygens (including phenoxy) is 2. The van der Waals surface area contributed by atoms with Crippen LogP contribution in [-0.4, -0.2) is 37.3 Å². The molecule has 1 aromatic rings. The van der Waals surface area contributed by atoms with Gasteiger partial charge in [-0.1, -0.05) is 0 Å². The Kier molecular flexibility index (Phi) is 4.47. The molecular weight excluding hydrogens is 240 g/mol. The molecule has 0 spiro atoms. The van der Waals surface area contributed by atoms with Crippen LogP contribution in [-0.2, 0) is 20.7 Å². The molecule has 1 aromatic heterocycles. The van der Waals surface area contributed by atoms with E-state index >= 15 is 0 Å². The van der Waals surface area contributed by atoms with Crippen molar-refractivity contribution < 1.29 is 14.3 Å². The summed E-state index contributed by atoms with van der Waals surface area (Å²) >= 11 is 1.55. The van der Waals surface area contributed by atoms with Crippen LogP contribution in [0.25, 0.3) is 0 Å². The molecule has 1 fully saturated rings. The maximum atomic E-state index is 11.3.